The molecule has 5 rings (SSSR count). The molecule has 1 unspecified atom stereocenters. The van der Waals surface area contributed by atoms with Crippen LogP contribution in [0.25, 0.3) is 16.3 Å². The minimum atomic E-state index is -4.65. The highest BCUT2D eigenvalue weighted by Crippen LogP contribution is 2.46. The van der Waals surface area contributed by atoms with Crippen molar-refractivity contribution in [3.8, 4) is 0 Å². The third kappa shape index (κ3) is 13.8. The van der Waals surface area contributed by atoms with Crippen LogP contribution < -0.4 is 5.73 Å². The van der Waals surface area contributed by atoms with Gasteiger partial charge in [-0.05, 0) is 47.9 Å². The number of fused-ring (bicyclic) bond motifs is 2. The van der Waals surface area contributed by atoms with Crippen LogP contribution >= 0.6 is 7.82 Å². The molecule has 1 aliphatic heterocycles. The topological polar surface area (TPSA) is 180 Å². The summed E-state index contributed by atoms with van der Waals surface area (Å²) in [7, 11) is -4.65. The maximum Gasteiger partial charge on any atom is 0.472 e. The van der Waals surface area contributed by atoms with E-state index in [1.807, 2.05) is 36.4 Å². The largest absolute Gasteiger partial charge is 0.472 e. The summed E-state index contributed by atoms with van der Waals surface area (Å²) in [5.74, 6) is 0.237. The van der Waals surface area contributed by atoms with E-state index < -0.39 is 44.4 Å². The predicted molar refractivity (Wildman–Crippen MR) is 226 cm³/mol. The van der Waals surface area contributed by atoms with E-state index in [9.17, 15) is 19.7 Å². The first-order valence-electron chi connectivity index (χ1n) is 21.5. The lowest BCUT2D eigenvalue weighted by Crippen LogP contribution is -2.39. The number of unbranched alkanes of at least 4 members (excludes halogenated alkanes) is 15. The van der Waals surface area contributed by atoms with Gasteiger partial charge in [0.1, 0.15) is 41.9 Å². The number of nitrogens with zero attached hydrogens (tertiary/aromatic N) is 3. The van der Waals surface area contributed by atoms with Gasteiger partial charge in [0.2, 0.25) is 0 Å². The van der Waals surface area contributed by atoms with E-state index in [0.717, 1.165) is 29.2 Å². The molecule has 0 spiro atoms. The molecule has 0 saturated carbocycles. The van der Waals surface area contributed by atoms with Crippen LogP contribution in [0.1, 0.15) is 128 Å². The Morgan fingerprint density at radius 2 is 1.48 bits per heavy atom. The van der Waals surface area contributed by atoms with Crippen molar-refractivity contribution < 1.29 is 42.9 Å². The minimum absolute atomic E-state index is 0.167. The molecule has 2 aromatic heterocycles. The highest BCUT2D eigenvalue weighted by atomic mass is 31.2. The Bertz CT molecular complexity index is 1850. The second-order valence-electron chi connectivity index (χ2n) is 15.9. The van der Waals surface area contributed by atoms with Crippen molar-refractivity contribution in [3.05, 3.63) is 72.2 Å². The molecule has 0 aliphatic carbocycles. The van der Waals surface area contributed by atoms with Gasteiger partial charge in [-0.1, -0.05) is 140 Å². The summed E-state index contributed by atoms with van der Waals surface area (Å²) in [6.07, 6.45) is 17.4. The number of rotatable bonds is 29. The van der Waals surface area contributed by atoms with E-state index in [0.29, 0.717) is 17.8 Å². The second-order valence-corrected chi connectivity index (χ2v) is 17.4. The number of aromatic nitrogens is 3. The number of aliphatic hydroxyl groups is 2. The van der Waals surface area contributed by atoms with E-state index in [4.69, 9.17) is 29.0 Å². The monoisotopic (exact) mass is 826 g/mol. The summed E-state index contributed by atoms with van der Waals surface area (Å²) >= 11 is 0. The number of phosphoric acid groups is 1. The molecule has 4 aromatic rings. The molecular formula is C44H67N4O9P. The molecule has 0 radical (unpaired) electrons. The van der Waals surface area contributed by atoms with Crippen LogP contribution in [0, 0.1) is 0 Å². The lowest BCUT2D eigenvalue weighted by molar-refractivity contribution is -0.0901. The fourth-order valence-corrected chi connectivity index (χ4v) is 8.46. The first-order chi connectivity index (χ1) is 28.1. The van der Waals surface area contributed by atoms with E-state index >= 15 is 0 Å². The van der Waals surface area contributed by atoms with Gasteiger partial charge in [0, 0.05) is 6.61 Å². The summed E-state index contributed by atoms with van der Waals surface area (Å²) in [6.45, 7) is 4.03. The van der Waals surface area contributed by atoms with E-state index in [1.54, 1.807) is 19.1 Å². The van der Waals surface area contributed by atoms with Crippen molar-refractivity contribution in [2.45, 2.75) is 153 Å². The first-order valence-corrected chi connectivity index (χ1v) is 23.0. The van der Waals surface area contributed by atoms with Crippen LogP contribution in [0.15, 0.2) is 60.9 Å². The molecule has 5 N–H and O–H groups in total. The Hall–Kier alpha value is -2.97. The fraction of sp³-hybridized carbons (Fsp3) is 0.636. The summed E-state index contributed by atoms with van der Waals surface area (Å²) < 4.78 is 43.5. The van der Waals surface area contributed by atoms with Gasteiger partial charge in [-0.15, -0.1) is 0 Å². The normalized spacial score (nSPS) is 21.2. The maximum absolute atomic E-state index is 13.1. The molecule has 13 nitrogen and oxygen atoms in total. The lowest BCUT2D eigenvalue weighted by atomic mass is 9.93. The van der Waals surface area contributed by atoms with Crippen LogP contribution in [0.2, 0.25) is 0 Å². The number of hydrogen-bond acceptors (Lipinski definition) is 11. The average Bonchev–Trinajstić information content (AvgIpc) is 3.76. The summed E-state index contributed by atoms with van der Waals surface area (Å²) in [5.41, 5.74) is 6.40. The Balaban J connectivity index is 1.03. The van der Waals surface area contributed by atoms with Gasteiger partial charge in [-0.3, -0.25) is 9.05 Å². The molecule has 1 aliphatic rings. The van der Waals surface area contributed by atoms with Gasteiger partial charge in [0.25, 0.3) is 0 Å². The number of ether oxygens (including phenoxy) is 3. The van der Waals surface area contributed by atoms with Gasteiger partial charge in [0.05, 0.1) is 32.1 Å². The van der Waals surface area contributed by atoms with Crippen LogP contribution in [0.4, 0.5) is 5.82 Å². The Kier molecular flexibility index (Phi) is 18.9. The van der Waals surface area contributed by atoms with Crippen molar-refractivity contribution in [1.29, 1.82) is 0 Å². The molecule has 1 fully saturated rings. The summed E-state index contributed by atoms with van der Waals surface area (Å²) in [4.78, 5) is 14.7. The van der Waals surface area contributed by atoms with Crippen LogP contribution in [-0.4, -0.2) is 80.5 Å². The van der Waals surface area contributed by atoms with Crippen molar-refractivity contribution in [2.24, 2.45) is 0 Å². The third-order valence-corrected chi connectivity index (χ3v) is 12.2. The molecular weight excluding hydrogens is 759 g/mol. The number of nitrogen functional groups attached to an aromatic ring is 1. The van der Waals surface area contributed by atoms with E-state index in [-0.39, 0.29) is 25.6 Å². The third-order valence-electron chi connectivity index (χ3n) is 11.2. The number of hydrogen-bond donors (Lipinski definition) is 4. The van der Waals surface area contributed by atoms with Crippen molar-refractivity contribution in [3.63, 3.8) is 0 Å². The average molecular weight is 827 g/mol. The Morgan fingerprint density at radius 1 is 0.845 bits per heavy atom. The number of aliphatic hydroxyl groups excluding tert-OH is 2. The number of benzene rings is 2. The zero-order valence-corrected chi connectivity index (χ0v) is 35.5. The van der Waals surface area contributed by atoms with Gasteiger partial charge < -0.3 is 35.1 Å². The van der Waals surface area contributed by atoms with Crippen LogP contribution in [-0.2, 0) is 40.0 Å². The molecule has 14 heteroatoms. The predicted octanol–water partition coefficient (Wildman–Crippen LogP) is 8.80. The van der Waals surface area contributed by atoms with Crippen molar-refractivity contribution in [2.75, 3.05) is 32.2 Å². The number of anilines is 1. The molecule has 2 aromatic carbocycles. The summed E-state index contributed by atoms with van der Waals surface area (Å²) in [5, 5.41) is 28.3. The van der Waals surface area contributed by atoms with Crippen LogP contribution in [0.3, 0.4) is 0 Å². The molecule has 58 heavy (non-hydrogen) atoms. The zero-order chi connectivity index (χ0) is 41.2. The molecule has 0 bridgehead atoms. The van der Waals surface area contributed by atoms with Crippen molar-refractivity contribution in [1.82, 2.24) is 14.6 Å². The molecule has 6 atom stereocenters. The fourth-order valence-electron chi connectivity index (χ4n) is 7.69. The van der Waals surface area contributed by atoms with E-state index in [1.165, 1.54) is 101 Å². The Labute approximate surface area is 344 Å². The van der Waals surface area contributed by atoms with Gasteiger partial charge >= 0.3 is 7.82 Å². The van der Waals surface area contributed by atoms with Gasteiger partial charge in [0.15, 0.2) is 5.82 Å². The smallest absolute Gasteiger partial charge is 0.387 e. The minimum Gasteiger partial charge on any atom is -0.387 e. The second kappa shape index (κ2) is 23.7. The molecule has 3 heterocycles. The lowest BCUT2D eigenvalue weighted by Gasteiger charge is -2.27. The number of phosphoric ester groups is 1. The standard InChI is InChI=1S/C44H67N4O9P/c1-3-4-5-6-7-8-9-10-11-12-13-14-15-16-17-20-27-53-30-37(54-29-34-23-24-35-21-18-19-22-36(35)28-34)31-55-58(51,52)56-32-39-41(49)42(50)44(2,57-39)40-26-25-38-43(45)46-33-47-48(38)40/h18-19,21-26,28,33,37,39,41-42,49-50H,3-17,20,27,29-32H2,1-2H3,(H,51,52)(H2,45,46,47)/t37-,39-,41-,42-,44+/m1/s1. The molecule has 322 valence electrons. The first kappa shape index (κ1) is 46.1. The maximum atomic E-state index is 13.1. The molecule has 1 saturated heterocycles. The van der Waals surface area contributed by atoms with Gasteiger partial charge in [-0.2, -0.15) is 5.10 Å². The highest BCUT2D eigenvalue weighted by Gasteiger charge is 2.54. The molecule has 0 amide bonds. The zero-order valence-electron chi connectivity index (χ0n) is 34.6. The highest BCUT2D eigenvalue weighted by molar-refractivity contribution is 7.47. The quantitative estimate of drug-likeness (QED) is 0.0302. The van der Waals surface area contributed by atoms with E-state index in [2.05, 4.69) is 23.1 Å². The van der Waals surface area contributed by atoms with Crippen LogP contribution in [0.5, 0.6) is 0 Å². The Morgan fingerprint density at radius 3 is 2.16 bits per heavy atom. The summed E-state index contributed by atoms with van der Waals surface area (Å²) in [6, 6.07) is 17.5. The number of nitrogens with two attached hydrogens (primary N) is 1. The SMILES string of the molecule is CCCCCCCCCCCCCCCCCCOC[C@H](COP(=O)(O)OC[C@H]1O[C@@](C)(c2ccc3c(N)ncnn23)[C@H](O)[C@@H]1O)OCc1ccc2ccccc2c1. The van der Waals surface area contributed by atoms with Crippen molar-refractivity contribution >= 4 is 29.9 Å². The van der Waals surface area contributed by atoms with Gasteiger partial charge in [-0.25, -0.2) is 14.1 Å².